The molecule has 2 aromatic carbocycles. The summed E-state index contributed by atoms with van der Waals surface area (Å²) >= 11 is 0. The second-order valence-electron chi connectivity index (χ2n) is 8.98. The summed E-state index contributed by atoms with van der Waals surface area (Å²) in [5, 5.41) is 20.4. The lowest BCUT2D eigenvalue weighted by atomic mass is 10.00. The third kappa shape index (κ3) is 5.04. The summed E-state index contributed by atoms with van der Waals surface area (Å²) in [5.41, 5.74) is -0.0960. The van der Waals surface area contributed by atoms with E-state index in [4.69, 9.17) is 9.47 Å². The van der Waals surface area contributed by atoms with Crippen LogP contribution in [0.5, 0.6) is 17.4 Å². The third-order valence-electron chi connectivity index (χ3n) is 5.18. The molecule has 2 N–H and O–H groups in total. The molecular weight excluding hydrogens is 446 g/mol. The van der Waals surface area contributed by atoms with E-state index in [1.54, 1.807) is 18.2 Å². The molecule has 0 radical (unpaired) electrons. The van der Waals surface area contributed by atoms with Crippen molar-refractivity contribution in [1.82, 2.24) is 9.97 Å². The number of fused-ring (bicyclic) bond motifs is 2. The number of ether oxygens (including phenoxy) is 2. The van der Waals surface area contributed by atoms with E-state index in [2.05, 4.69) is 29.6 Å². The summed E-state index contributed by atoms with van der Waals surface area (Å²) < 4.78 is 41.2. The van der Waals surface area contributed by atoms with E-state index in [9.17, 15) is 14.6 Å². The molecule has 172 valence electrons. The summed E-state index contributed by atoms with van der Waals surface area (Å²) in [7, 11) is -1.23. The number of nitrogens with zero attached hydrogens (tertiary/aromatic N) is 2. The minimum absolute atomic E-state index is 0.00166. The van der Waals surface area contributed by atoms with Crippen LogP contribution in [0.3, 0.4) is 0 Å². The maximum atomic E-state index is 15.1. The van der Waals surface area contributed by atoms with Crippen molar-refractivity contribution < 1.29 is 28.5 Å². The van der Waals surface area contributed by atoms with Gasteiger partial charge in [-0.05, 0) is 35.7 Å². The highest BCUT2D eigenvalue weighted by Gasteiger charge is 2.19. The van der Waals surface area contributed by atoms with Crippen LogP contribution in [-0.2, 0) is 4.74 Å². The number of hydrogen-bond acceptors (Lipinski definition) is 6. The van der Waals surface area contributed by atoms with Crippen LogP contribution in [0.15, 0.2) is 42.5 Å². The van der Waals surface area contributed by atoms with Crippen LogP contribution < -0.4 is 4.74 Å². The fraction of sp³-hybridized carbons (Fsp3) is 0.250. The van der Waals surface area contributed by atoms with Gasteiger partial charge in [-0.3, -0.25) is 0 Å². The van der Waals surface area contributed by atoms with Crippen LogP contribution in [0.25, 0.3) is 33.1 Å². The molecule has 0 aliphatic carbocycles. The van der Waals surface area contributed by atoms with Gasteiger partial charge in [0.05, 0.1) is 5.39 Å². The second kappa shape index (κ2) is 8.91. The van der Waals surface area contributed by atoms with E-state index in [0.29, 0.717) is 17.7 Å². The van der Waals surface area contributed by atoms with Crippen LogP contribution >= 0.6 is 0 Å². The third-order valence-corrected chi connectivity index (χ3v) is 6.88. The van der Waals surface area contributed by atoms with Gasteiger partial charge >= 0.3 is 0 Å². The molecule has 0 unspecified atom stereocenters. The molecule has 6 nitrogen and oxygen atoms in total. The molecule has 0 bridgehead atoms. The van der Waals surface area contributed by atoms with E-state index in [0.717, 1.165) is 18.2 Å². The van der Waals surface area contributed by atoms with Crippen LogP contribution in [0.2, 0.25) is 25.7 Å². The van der Waals surface area contributed by atoms with Crippen molar-refractivity contribution in [2.24, 2.45) is 0 Å². The summed E-state index contributed by atoms with van der Waals surface area (Å²) in [4.78, 5) is 8.04. The minimum Gasteiger partial charge on any atom is -0.507 e. The van der Waals surface area contributed by atoms with Crippen molar-refractivity contribution in [2.75, 3.05) is 13.4 Å². The quantitative estimate of drug-likeness (QED) is 0.201. The molecule has 33 heavy (non-hydrogen) atoms. The molecule has 2 heterocycles. The number of aromatic nitrogens is 2. The molecule has 0 aliphatic rings. The summed E-state index contributed by atoms with van der Waals surface area (Å²) in [6.07, 6.45) is 0. The molecule has 2 aromatic heterocycles. The predicted molar refractivity (Wildman–Crippen MR) is 125 cm³/mol. The first kappa shape index (κ1) is 22.9. The van der Waals surface area contributed by atoms with Gasteiger partial charge in [0.2, 0.25) is 5.88 Å². The largest absolute Gasteiger partial charge is 0.507 e. The van der Waals surface area contributed by atoms with Gasteiger partial charge in [-0.1, -0.05) is 31.8 Å². The Hall–Kier alpha value is -3.30. The number of rotatable bonds is 7. The van der Waals surface area contributed by atoms with Crippen LogP contribution in [0, 0.1) is 11.6 Å². The molecule has 4 rings (SSSR count). The Morgan fingerprint density at radius 3 is 2.52 bits per heavy atom. The van der Waals surface area contributed by atoms with E-state index < -0.39 is 25.6 Å². The predicted octanol–water partition coefficient (Wildman–Crippen LogP) is 5.83. The Labute approximate surface area is 190 Å². The Morgan fingerprint density at radius 1 is 0.970 bits per heavy atom. The van der Waals surface area contributed by atoms with Gasteiger partial charge in [0.25, 0.3) is 0 Å². The maximum absolute atomic E-state index is 15.1. The lowest BCUT2D eigenvalue weighted by molar-refractivity contribution is 0.0221. The first-order valence-electron chi connectivity index (χ1n) is 10.4. The van der Waals surface area contributed by atoms with Gasteiger partial charge in [0, 0.05) is 31.7 Å². The van der Waals surface area contributed by atoms with Gasteiger partial charge in [0.1, 0.15) is 28.8 Å². The first-order chi connectivity index (χ1) is 15.6. The zero-order chi connectivity index (χ0) is 23.8. The zero-order valence-electron chi connectivity index (χ0n) is 18.5. The molecule has 0 atom stereocenters. The lowest BCUT2D eigenvalue weighted by Gasteiger charge is -2.16. The Bertz CT molecular complexity index is 1340. The van der Waals surface area contributed by atoms with Crippen molar-refractivity contribution in [3.63, 3.8) is 0 Å². The Balaban J connectivity index is 1.76. The van der Waals surface area contributed by atoms with Crippen LogP contribution in [-0.4, -0.2) is 41.7 Å². The van der Waals surface area contributed by atoms with Crippen molar-refractivity contribution in [3.05, 3.63) is 54.1 Å². The smallest absolute Gasteiger partial charge is 0.216 e. The highest BCUT2D eigenvalue weighted by Crippen LogP contribution is 2.37. The zero-order valence-corrected chi connectivity index (χ0v) is 19.5. The van der Waals surface area contributed by atoms with E-state index >= 15 is 4.39 Å². The standard InChI is InChI=1S/C24H24F2N2O4Si/c1-33(2,3)8-7-31-13-32-15-9-14-5-4-6-18(25)22(14)17(10-15)23-19(26)11-16-20(29)12-21(30)27-24(16)28-23/h4-6,9-12H,7-8,13H2,1-3H3,(H2,27,28,29,30). The maximum Gasteiger partial charge on any atom is 0.216 e. The number of aromatic hydroxyl groups is 2. The SMILES string of the molecule is C[Si](C)(C)CCOCOc1cc(-c2nc3nc(O)cc(O)c3cc2F)c2c(F)cccc2c1. The highest BCUT2D eigenvalue weighted by molar-refractivity contribution is 6.76. The van der Waals surface area contributed by atoms with Gasteiger partial charge in [-0.15, -0.1) is 0 Å². The molecule has 4 aromatic rings. The molecular formula is C24H24F2N2O4Si. The summed E-state index contributed by atoms with van der Waals surface area (Å²) in [6, 6.07) is 10.7. The molecule has 0 amide bonds. The van der Waals surface area contributed by atoms with Crippen molar-refractivity contribution in [3.8, 4) is 28.6 Å². The van der Waals surface area contributed by atoms with Crippen molar-refractivity contribution >= 4 is 29.9 Å². The summed E-state index contributed by atoms with van der Waals surface area (Å²) in [5.74, 6) is -1.79. The van der Waals surface area contributed by atoms with E-state index in [1.807, 2.05) is 0 Å². The lowest BCUT2D eigenvalue weighted by Crippen LogP contribution is -2.22. The second-order valence-corrected chi connectivity index (χ2v) is 14.6. The number of pyridine rings is 2. The van der Waals surface area contributed by atoms with E-state index in [-0.39, 0.29) is 40.2 Å². The topological polar surface area (TPSA) is 84.7 Å². The molecule has 9 heteroatoms. The van der Waals surface area contributed by atoms with Crippen molar-refractivity contribution in [1.29, 1.82) is 0 Å². The van der Waals surface area contributed by atoms with Crippen LogP contribution in [0.4, 0.5) is 8.78 Å². The van der Waals surface area contributed by atoms with Crippen LogP contribution in [0.1, 0.15) is 0 Å². The summed E-state index contributed by atoms with van der Waals surface area (Å²) in [6.45, 7) is 7.33. The molecule has 0 aliphatic heterocycles. The monoisotopic (exact) mass is 470 g/mol. The fourth-order valence-corrected chi connectivity index (χ4v) is 4.21. The average molecular weight is 471 g/mol. The Kier molecular flexibility index (Phi) is 6.18. The molecule has 0 saturated carbocycles. The van der Waals surface area contributed by atoms with E-state index in [1.165, 1.54) is 12.1 Å². The first-order valence-corrected chi connectivity index (χ1v) is 14.2. The van der Waals surface area contributed by atoms with Gasteiger partial charge in [-0.25, -0.2) is 13.8 Å². The molecule has 0 saturated heterocycles. The highest BCUT2D eigenvalue weighted by atomic mass is 28.3. The molecule has 0 spiro atoms. The van der Waals surface area contributed by atoms with Gasteiger partial charge in [0.15, 0.2) is 12.4 Å². The number of halogens is 2. The van der Waals surface area contributed by atoms with Crippen molar-refractivity contribution in [2.45, 2.75) is 25.7 Å². The van der Waals surface area contributed by atoms with Gasteiger partial charge in [-0.2, -0.15) is 4.98 Å². The molecule has 0 fully saturated rings. The normalized spacial score (nSPS) is 11.9. The van der Waals surface area contributed by atoms with Gasteiger partial charge < -0.3 is 19.7 Å². The number of hydrogen-bond donors (Lipinski definition) is 2. The fourth-order valence-electron chi connectivity index (χ4n) is 3.45. The Morgan fingerprint density at radius 2 is 1.76 bits per heavy atom. The average Bonchev–Trinajstić information content (AvgIpc) is 2.72. The minimum atomic E-state index is -1.23. The number of benzene rings is 2.